The summed E-state index contributed by atoms with van der Waals surface area (Å²) < 4.78 is 5.66. The molecule has 3 aliphatic heterocycles. The first-order valence-electron chi connectivity index (χ1n) is 12.2. The highest BCUT2D eigenvalue weighted by molar-refractivity contribution is 7.99. The van der Waals surface area contributed by atoms with Crippen LogP contribution in [0, 0.1) is 5.41 Å². The molecule has 0 amide bonds. The van der Waals surface area contributed by atoms with Crippen molar-refractivity contribution < 1.29 is 4.74 Å². The van der Waals surface area contributed by atoms with E-state index in [0.717, 1.165) is 71.4 Å². The second kappa shape index (κ2) is 9.49. The van der Waals surface area contributed by atoms with E-state index in [-0.39, 0.29) is 0 Å². The van der Waals surface area contributed by atoms with Crippen molar-refractivity contribution >= 4 is 34.9 Å². The molecular formula is C28H29ClN4OS. The van der Waals surface area contributed by atoms with Crippen molar-refractivity contribution in [3.63, 3.8) is 0 Å². The highest BCUT2D eigenvalue weighted by atomic mass is 35.5. The maximum absolute atomic E-state index is 6.90. The summed E-state index contributed by atoms with van der Waals surface area (Å²) in [5.74, 6) is 0.952. The summed E-state index contributed by atoms with van der Waals surface area (Å²) in [7, 11) is 0. The Morgan fingerprint density at radius 2 is 1.86 bits per heavy atom. The molecular weight excluding hydrogens is 476 g/mol. The topological polar surface area (TPSA) is 41.5 Å². The van der Waals surface area contributed by atoms with Crippen LogP contribution in [-0.4, -0.2) is 41.2 Å². The molecule has 0 aliphatic carbocycles. The Labute approximate surface area is 216 Å². The zero-order chi connectivity index (χ0) is 23.8. The number of ether oxygens (including phenoxy) is 1. The molecule has 0 unspecified atom stereocenters. The maximum Gasteiger partial charge on any atom is 0.147 e. The number of nitrogens with zero attached hydrogens (tertiary/aromatic N) is 4. The van der Waals surface area contributed by atoms with Crippen molar-refractivity contribution in [2.24, 2.45) is 5.41 Å². The van der Waals surface area contributed by atoms with E-state index in [2.05, 4.69) is 52.8 Å². The van der Waals surface area contributed by atoms with Crippen LogP contribution in [0.3, 0.4) is 0 Å². The number of aromatic nitrogens is 2. The zero-order valence-electron chi connectivity index (χ0n) is 19.8. The normalized spacial score (nSPS) is 18.9. The average molecular weight is 505 g/mol. The standard InChI is InChI=1S/C28H29ClN4OS/c1-20-26-22(18-33(20)17-21-5-3-2-4-6-21)7-8-23(27(26)29)35-25-16-30-24(15-31-25)32-12-9-28(10-13-32)11-14-34-19-28/h2-8,15-16H,1,9-14,17-19H2. The van der Waals surface area contributed by atoms with Crippen LogP contribution in [0.1, 0.15) is 36.0 Å². The number of piperidine rings is 1. The smallest absolute Gasteiger partial charge is 0.147 e. The van der Waals surface area contributed by atoms with Gasteiger partial charge in [-0.3, -0.25) is 0 Å². The zero-order valence-corrected chi connectivity index (χ0v) is 21.3. The fraction of sp³-hybridized carbons (Fsp3) is 0.357. The van der Waals surface area contributed by atoms with E-state index >= 15 is 0 Å². The Kier molecular flexibility index (Phi) is 6.21. The summed E-state index contributed by atoms with van der Waals surface area (Å²) in [6.45, 7) is 9.87. The van der Waals surface area contributed by atoms with Gasteiger partial charge in [-0.1, -0.05) is 66.3 Å². The molecule has 2 aromatic carbocycles. The molecule has 2 saturated heterocycles. The van der Waals surface area contributed by atoms with Crippen molar-refractivity contribution in [2.75, 3.05) is 31.2 Å². The van der Waals surface area contributed by atoms with E-state index in [1.165, 1.54) is 30.4 Å². The minimum Gasteiger partial charge on any atom is -0.381 e. The minimum atomic E-state index is 0.394. The van der Waals surface area contributed by atoms with Crippen molar-refractivity contribution in [1.82, 2.24) is 14.9 Å². The van der Waals surface area contributed by atoms with Gasteiger partial charge < -0.3 is 14.5 Å². The molecule has 1 aromatic heterocycles. The second-order valence-corrected chi connectivity index (χ2v) is 11.2. The van der Waals surface area contributed by atoms with Crippen LogP contribution >= 0.6 is 23.4 Å². The Morgan fingerprint density at radius 1 is 1.03 bits per heavy atom. The maximum atomic E-state index is 6.90. The molecule has 180 valence electrons. The molecule has 3 aromatic rings. The first kappa shape index (κ1) is 22.9. The lowest BCUT2D eigenvalue weighted by Gasteiger charge is -2.38. The monoisotopic (exact) mass is 504 g/mol. The molecule has 3 aliphatic rings. The summed E-state index contributed by atoms with van der Waals surface area (Å²) in [4.78, 5) is 15.1. The number of hydrogen-bond acceptors (Lipinski definition) is 6. The van der Waals surface area contributed by atoms with Crippen molar-refractivity contribution in [3.05, 3.63) is 83.2 Å². The molecule has 4 heterocycles. The van der Waals surface area contributed by atoms with Gasteiger partial charge in [-0.2, -0.15) is 0 Å². The molecule has 0 bridgehead atoms. The van der Waals surface area contributed by atoms with Gasteiger partial charge in [-0.15, -0.1) is 0 Å². The molecule has 7 heteroatoms. The molecule has 1 spiro atoms. The lowest BCUT2D eigenvalue weighted by Crippen LogP contribution is -2.40. The van der Waals surface area contributed by atoms with E-state index in [1.807, 2.05) is 18.5 Å². The van der Waals surface area contributed by atoms with Gasteiger partial charge in [-0.05, 0) is 41.9 Å². The van der Waals surface area contributed by atoms with Gasteiger partial charge in [0, 0.05) is 48.9 Å². The quantitative estimate of drug-likeness (QED) is 0.407. The van der Waals surface area contributed by atoms with Crippen LogP contribution in [0.15, 0.2) is 71.4 Å². The SMILES string of the molecule is C=C1c2c(ccc(Sc3cnc(N4CCC5(CCOC5)CC4)cn3)c2Cl)CN1Cc1ccccc1. The predicted molar refractivity (Wildman–Crippen MR) is 142 cm³/mol. The summed E-state index contributed by atoms with van der Waals surface area (Å²) in [5, 5.41) is 1.59. The first-order valence-corrected chi connectivity index (χ1v) is 13.4. The predicted octanol–water partition coefficient (Wildman–Crippen LogP) is 6.27. The van der Waals surface area contributed by atoms with E-state index in [1.54, 1.807) is 11.8 Å². The molecule has 0 radical (unpaired) electrons. The second-order valence-electron chi connectivity index (χ2n) is 9.80. The largest absolute Gasteiger partial charge is 0.381 e. The van der Waals surface area contributed by atoms with Gasteiger partial charge in [0.25, 0.3) is 0 Å². The number of halogens is 1. The lowest BCUT2D eigenvalue weighted by atomic mass is 9.78. The summed E-state index contributed by atoms with van der Waals surface area (Å²) >= 11 is 8.46. The van der Waals surface area contributed by atoms with Crippen LogP contribution in [-0.2, 0) is 17.8 Å². The first-order chi connectivity index (χ1) is 17.1. The molecule has 5 nitrogen and oxygen atoms in total. The highest BCUT2D eigenvalue weighted by Crippen LogP contribution is 2.44. The number of fused-ring (bicyclic) bond motifs is 1. The molecule has 0 atom stereocenters. The van der Waals surface area contributed by atoms with Crippen molar-refractivity contribution in [2.45, 2.75) is 42.3 Å². The van der Waals surface area contributed by atoms with Gasteiger partial charge in [0.15, 0.2) is 0 Å². The van der Waals surface area contributed by atoms with Gasteiger partial charge in [0.05, 0.1) is 24.0 Å². The van der Waals surface area contributed by atoms with Gasteiger partial charge in [0.1, 0.15) is 10.8 Å². The van der Waals surface area contributed by atoms with Crippen LogP contribution < -0.4 is 4.90 Å². The number of rotatable bonds is 5. The number of anilines is 1. The Hall–Kier alpha value is -2.54. The van der Waals surface area contributed by atoms with E-state index in [0.29, 0.717) is 5.41 Å². The Bertz CT molecular complexity index is 1220. The van der Waals surface area contributed by atoms with E-state index in [9.17, 15) is 0 Å². The third-order valence-corrected chi connectivity index (χ3v) is 9.09. The fourth-order valence-electron chi connectivity index (χ4n) is 5.43. The van der Waals surface area contributed by atoms with Crippen LogP contribution in [0.2, 0.25) is 5.02 Å². The molecule has 2 fully saturated rings. The van der Waals surface area contributed by atoms with E-state index in [4.69, 9.17) is 26.3 Å². The fourth-order valence-corrected chi connectivity index (χ4v) is 6.60. The molecule has 6 rings (SSSR count). The molecule has 35 heavy (non-hydrogen) atoms. The highest BCUT2D eigenvalue weighted by Gasteiger charge is 2.38. The van der Waals surface area contributed by atoms with Crippen LogP contribution in [0.5, 0.6) is 0 Å². The molecule has 0 saturated carbocycles. The summed E-state index contributed by atoms with van der Waals surface area (Å²) in [5.41, 5.74) is 4.91. The minimum absolute atomic E-state index is 0.394. The van der Waals surface area contributed by atoms with Gasteiger partial charge in [0.2, 0.25) is 0 Å². The summed E-state index contributed by atoms with van der Waals surface area (Å²) in [6, 6.07) is 14.7. The van der Waals surface area contributed by atoms with E-state index < -0.39 is 0 Å². The Balaban J connectivity index is 1.13. The third kappa shape index (κ3) is 4.55. The molecule has 0 N–H and O–H groups in total. The number of benzene rings is 2. The summed E-state index contributed by atoms with van der Waals surface area (Å²) in [6.07, 6.45) is 7.29. The number of hydrogen-bond donors (Lipinski definition) is 0. The van der Waals surface area contributed by atoms with Crippen molar-refractivity contribution in [3.8, 4) is 0 Å². The van der Waals surface area contributed by atoms with Gasteiger partial charge >= 0.3 is 0 Å². The third-order valence-electron chi connectivity index (χ3n) is 7.60. The Morgan fingerprint density at radius 3 is 2.57 bits per heavy atom. The van der Waals surface area contributed by atoms with Crippen LogP contribution in [0.4, 0.5) is 5.82 Å². The van der Waals surface area contributed by atoms with Crippen LogP contribution in [0.25, 0.3) is 5.70 Å². The van der Waals surface area contributed by atoms with Crippen molar-refractivity contribution in [1.29, 1.82) is 0 Å². The van der Waals surface area contributed by atoms with Gasteiger partial charge in [-0.25, -0.2) is 9.97 Å². The average Bonchev–Trinajstić information content (AvgIpc) is 3.47. The lowest BCUT2D eigenvalue weighted by molar-refractivity contribution is 0.133.